The van der Waals surface area contributed by atoms with E-state index in [9.17, 15) is 9.59 Å². The van der Waals surface area contributed by atoms with E-state index in [4.69, 9.17) is 0 Å². The normalized spacial score (nSPS) is 15.1. The van der Waals surface area contributed by atoms with E-state index < -0.39 is 0 Å². The fourth-order valence-corrected chi connectivity index (χ4v) is 3.66. The smallest absolute Gasteiger partial charge is 0.255 e. The third-order valence-electron chi connectivity index (χ3n) is 5.51. The highest BCUT2D eigenvalue weighted by Crippen LogP contribution is 2.23. The van der Waals surface area contributed by atoms with Gasteiger partial charge in [-0.2, -0.15) is 0 Å². The third-order valence-corrected chi connectivity index (χ3v) is 5.51. The summed E-state index contributed by atoms with van der Waals surface area (Å²) < 4.78 is 0. The van der Waals surface area contributed by atoms with Gasteiger partial charge < -0.3 is 10.2 Å². The van der Waals surface area contributed by atoms with E-state index in [0.29, 0.717) is 11.3 Å². The fraction of sp³-hybridized carbons (Fsp3) is 0.385. The number of benzene rings is 2. The molecule has 4 heteroatoms. The maximum atomic E-state index is 13.0. The molecule has 0 bridgehead atoms. The molecule has 3 rings (SSSR count). The highest BCUT2D eigenvalue weighted by atomic mass is 16.2. The summed E-state index contributed by atoms with van der Waals surface area (Å²) in [6.07, 6.45) is 7.72. The zero-order valence-corrected chi connectivity index (χ0v) is 18.3. The Kier molecular flexibility index (Phi) is 7.09. The lowest BCUT2D eigenvalue weighted by molar-refractivity contribution is -0.111. The van der Waals surface area contributed by atoms with Crippen LogP contribution in [0.2, 0.25) is 0 Å². The minimum Gasteiger partial charge on any atom is -0.339 e. The van der Waals surface area contributed by atoms with Crippen LogP contribution in [-0.2, 0) is 10.2 Å². The summed E-state index contributed by atoms with van der Waals surface area (Å²) in [7, 11) is 0. The number of hydrogen-bond donors (Lipinski definition) is 1. The number of amides is 2. The first kappa shape index (κ1) is 21.8. The van der Waals surface area contributed by atoms with Gasteiger partial charge >= 0.3 is 0 Å². The van der Waals surface area contributed by atoms with Gasteiger partial charge in [-0.15, -0.1) is 0 Å². The molecule has 0 aliphatic carbocycles. The molecule has 1 heterocycles. The van der Waals surface area contributed by atoms with Gasteiger partial charge in [-0.1, -0.05) is 70.0 Å². The van der Waals surface area contributed by atoms with Crippen LogP contribution in [0, 0.1) is 0 Å². The predicted octanol–water partition coefficient (Wildman–Crippen LogP) is 5.65. The summed E-state index contributed by atoms with van der Waals surface area (Å²) in [5.41, 5.74) is 3.43. The molecule has 2 amide bonds. The van der Waals surface area contributed by atoms with Crippen molar-refractivity contribution < 1.29 is 9.59 Å². The molecule has 0 saturated carbocycles. The lowest BCUT2D eigenvalue weighted by atomic mass is 9.87. The summed E-state index contributed by atoms with van der Waals surface area (Å²) in [6, 6.07) is 15.5. The van der Waals surface area contributed by atoms with E-state index in [-0.39, 0.29) is 17.2 Å². The van der Waals surface area contributed by atoms with Crippen LogP contribution in [0.3, 0.4) is 0 Å². The van der Waals surface area contributed by atoms with E-state index in [0.717, 1.165) is 31.5 Å². The molecule has 0 aromatic heterocycles. The van der Waals surface area contributed by atoms with Gasteiger partial charge in [0.05, 0.1) is 11.3 Å². The molecule has 1 aliphatic rings. The molecular formula is C26H32N2O2. The van der Waals surface area contributed by atoms with Crippen molar-refractivity contribution in [3.8, 4) is 0 Å². The number of hydrogen-bond acceptors (Lipinski definition) is 2. The Hall–Kier alpha value is -2.88. The summed E-state index contributed by atoms with van der Waals surface area (Å²) in [5.74, 6) is -0.249. The van der Waals surface area contributed by atoms with Crippen molar-refractivity contribution in [1.82, 2.24) is 4.90 Å². The summed E-state index contributed by atoms with van der Waals surface area (Å²) in [5, 5.41) is 2.88. The number of nitrogens with zero attached hydrogens (tertiary/aromatic N) is 1. The van der Waals surface area contributed by atoms with E-state index in [1.54, 1.807) is 18.2 Å². The number of anilines is 1. The molecule has 30 heavy (non-hydrogen) atoms. The average Bonchev–Trinajstić information content (AvgIpc) is 3.01. The minimum atomic E-state index is -0.244. The molecule has 1 saturated heterocycles. The van der Waals surface area contributed by atoms with Crippen LogP contribution in [0.25, 0.3) is 6.08 Å². The molecule has 0 spiro atoms. The van der Waals surface area contributed by atoms with E-state index >= 15 is 0 Å². The number of para-hydroxylation sites is 1. The molecule has 2 aromatic carbocycles. The Labute approximate surface area is 180 Å². The Morgan fingerprint density at radius 2 is 1.53 bits per heavy atom. The van der Waals surface area contributed by atoms with E-state index in [1.165, 1.54) is 24.5 Å². The highest BCUT2D eigenvalue weighted by Gasteiger charge is 2.20. The second-order valence-corrected chi connectivity index (χ2v) is 8.95. The second kappa shape index (κ2) is 9.75. The molecule has 0 unspecified atom stereocenters. The molecule has 0 radical (unpaired) electrons. The largest absolute Gasteiger partial charge is 0.339 e. The van der Waals surface area contributed by atoms with Crippen molar-refractivity contribution in [3.63, 3.8) is 0 Å². The van der Waals surface area contributed by atoms with Gasteiger partial charge in [0, 0.05) is 19.2 Å². The van der Waals surface area contributed by atoms with Gasteiger partial charge in [-0.25, -0.2) is 0 Å². The first-order chi connectivity index (χ1) is 14.3. The SMILES string of the molecule is CC(C)(C)c1ccc(/C=C/C(=O)Nc2ccccc2C(=O)N2CCCCCC2)cc1. The van der Waals surface area contributed by atoms with Gasteiger partial charge in [0.2, 0.25) is 5.91 Å². The van der Waals surface area contributed by atoms with Crippen LogP contribution in [0.15, 0.2) is 54.6 Å². The Morgan fingerprint density at radius 3 is 2.17 bits per heavy atom. The van der Waals surface area contributed by atoms with Gasteiger partial charge in [0.15, 0.2) is 0 Å². The Bertz CT molecular complexity index is 899. The molecule has 1 fully saturated rings. The molecule has 1 aliphatic heterocycles. The molecule has 0 atom stereocenters. The van der Waals surface area contributed by atoms with Gasteiger partial charge in [0.25, 0.3) is 5.91 Å². The standard InChI is InChI=1S/C26H32N2O2/c1-26(2,3)21-15-12-20(13-16-21)14-17-24(29)27-23-11-7-6-10-22(23)25(30)28-18-8-4-5-9-19-28/h6-7,10-17H,4-5,8-9,18-19H2,1-3H3,(H,27,29)/b17-14+. The summed E-state index contributed by atoms with van der Waals surface area (Å²) >= 11 is 0. The first-order valence-corrected chi connectivity index (χ1v) is 10.8. The summed E-state index contributed by atoms with van der Waals surface area (Å²) in [6.45, 7) is 8.10. The van der Waals surface area contributed by atoms with Crippen LogP contribution in [0.5, 0.6) is 0 Å². The van der Waals surface area contributed by atoms with Crippen molar-refractivity contribution in [2.24, 2.45) is 0 Å². The quantitative estimate of drug-likeness (QED) is 0.669. The van der Waals surface area contributed by atoms with E-state index in [2.05, 4.69) is 38.2 Å². The highest BCUT2D eigenvalue weighted by molar-refractivity contribution is 6.07. The predicted molar refractivity (Wildman–Crippen MR) is 124 cm³/mol. The Morgan fingerprint density at radius 1 is 0.900 bits per heavy atom. The second-order valence-electron chi connectivity index (χ2n) is 8.95. The van der Waals surface area contributed by atoms with Crippen molar-refractivity contribution in [3.05, 3.63) is 71.3 Å². The van der Waals surface area contributed by atoms with Crippen molar-refractivity contribution in [1.29, 1.82) is 0 Å². The number of likely N-dealkylation sites (tertiary alicyclic amines) is 1. The Balaban J connectivity index is 1.68. The lowest BCUT2D eigenvalue weighted by Crippen LogP contribution is -2.32. The van der Waals surface area contributed by atoms with Crippen LogP contribution < -0.4 is 5.32 Å². The zero-order valence-electron chi connectivity index (χ0n) is 18.3. The van der Waals surface area contributed by atoms with Crippen LogP contribution in [0.4, 0.5) is 5.69 Å². The number of carbonyl (C=O) groups excluding carboxylic acids is 2. The van der Waals surface area contributed by atoms with Crippen LogP contribution in [0.1, 0.15) is 67.9 Å². The van der Waals surface area contributed by atoms with E-state index in [1.807, 2.05) is 29.2 Å². The maximum absolute atomic E-state index is 13.0. The van der Waals surface area contributed by atoms with Gasteiger partial charge in [0.1, 0.15) is 0 Å². The molecule has 2 aromatic rings. The lowest BCUT2D eigenvalue weighted by Gasteiger charge is -2.21. The first-order valence-electron chi connectivity index (χ1n) is 10.8. The zero-order chi connectivity index (χ0) is 21.6. The van der Waals surface area contributed by atoms with Crippen LogP contribution in [-0.4, -0.2) is 29.8 Å². The number of carbonyl (C=O) groups is 2. The van der Waals surface area contributed by atoms with Crippen molar-refractivity contribution in [2.75, 3.05) is 18.4 Å². The molecule has 158 valence electrons. The maximum Gasteiger partial charge on any atom is 0.255 e. The third kappa shape index (κ3) is 5.82. The molecule has 4 nitrogen and oxygen atoms in total. The summed E-state index contributed by atoms with van der Waals surface area (Å²) in [4.78, 5) is 27.4. The van der Waals surface area contributed by atoms with Gasteiger partial charge in [-0.3, -0.25) is 9.59 Å². The van der Waals surface area contributed by atoms with Gasteiger partial charge in [-0.05, 0) is 47.6 Å². The van der Waals surface area contributed by atoms with Crippen molar-refractivity contribution >= 4 is 23.6 Å². The monoisotopic (exact) mass is 404 g/mol. The van der Waals surface area contributed by atoms with Crippen LogP contribution >= 0.6 is 0 Å². The van der Waals surface area contributed by atoms with Crippen molar-refractivity contribution in [2.45, 2.75) is 51.9 Å². The topological polar surface area (TPSA) is 49.4 Å². The fourth-order valence-electron chi connectivity index (χ4n) is 3.66. The molecule has 1 N–H and O–H groups in total. The minimum absolute atomic E-state index is 0.00505. The molecular weight excluding hydrogens is 372 g/mol. The number of nitrogens with one attached hydrogen (secondary N) is 1. The number of rotatable bonds is 4. The average molecular weight is 405 g/mol.